The Bertz CT molecular complexity index is 1220. The van der Waals surface area contributed by atoms with Crippen LogP contribution in [0.15, 0.2) is 12.2 Å². The first-order valence-corrected chi connectivity index (χ1v) is 23.7. The van der Waals surface area contributed by atoms with E-state index < -0.39 is 12.0 Å². The molecule has 0 aromatic heterocycles. The van der Waals surface area contributed by atoms with Crippen LogP contribution in [0.5, 0.6) is 0 Å². The average Bonchev–Trinajstić information content (AvgIpc) is 3.52. The lowest BCUT2D eigenvalue weighted by Gasteiger charge is -2.62. The number of carboxylic acids is 1. The summed E-state index contributed by atoms with van der Waals surface area (Å²) in [5, 5.41) is 37.6. The molecule has 8 nitrogen and oxygen atoms in total. The monoisotopic (exact) mass is 785 g/mol. The van der Waals surface area contributed by atoms with Crippen LogP contribution in [0.4, 0.5) is 0 Å². The molecular weight excluding hydrogens is 701 g/mol. The molecular formula is C48H84N2O6. The zero-order chi connectivity index (χ0) is 40.6. The Morgan fingerprint density at radius 3 is 2.05 bits per heavy atom. The first-order chi connectivity index (χ1) is 26.9. The van der Waals surface area contributed by atoms with Crippen LogP contribution in [-0.4, -0.2) is 57.9 Å². The van der Waals surface area contributed by atoms with Gasteiger partial charge in [0, 0.05) is 19.4 Å². The van der Waals surface area contributed by atoms with Crippen LogP contribution in [-0.2, 0) is 14.4 Å². The fourth-order valence-corrected chi connectivity index (χ4v) is 12.4. The van der Waals surface area contributed by atoms with Crippen molar-refractivity contribution >= 4 is 17.8 Å². The third-order valence-corrected chi connectivity index (χ3v) is 15.8. The standard InChI is InChI=1S/C48H84N2O6/c1-5-6-7-8-9-10-11-12-13-14-15-16-17-18-19-23-43(53)49-32-21-20-22-41(46(55)56)50-44(54)27-24-35(2)38-25-26-39-45-40(29-31-48(38,39)4)47(3)30-28-37(51)33-36(47)34-42(45)52/h12-13,35-42,45,51-52H,5-11,14-34H2,1-4H3,(H,49,53)(H,50,54)(H,55,56). The van der Waals surface area contributed by atoms with E-state index in [1.807, 2.05) is 0 Å². The van der Waals surface area contributed by atoms with E-state index in [-0.39, 0.29) is 34.9 Å². The first kappa shape index (κ1) is 46.8. The number of unbranched alkanes of at least 4 members (excludes halogenated alkanes) is 12. The van der Waals surface area contributed by atoms with Crippen molar-refractivity contribution in [2.45, 2.75) is 219 Å². The predicted molar refractivity (Wildman–Crippen MR) is 227 cm³/mol. The second kappa shape index (κ2) is 23.6. The van der Waals surface area contributed by atoms with Gasteiger partial charge in [0.15, 0.2) is 0 Å². The number of allylic oxidation sites excluding steroid dienone is 2. The summed E-state index contributed by atoms with van der Waals surface area (Å²) in [6.45, 7) is 9.97. The fourth-order valence-electron chi connectivity index (χ4n) is 12.4. The van der Waals surface area contributed by atoms with Crippen molar-refractivity contribution in [1.82, 2.24) is 10.6 Å². The number of carbonyl (C=O) groups excluding carboxylic acids is 2. The SMILES string of the molecule is CCCCCCCCC=CCCCCCCCC(=O)NCCCCC(NC(=O)CCC(C)C1CCC2C3C(O)CC4CC(O)CCC4(C)C3CCC12C)C(=O)O. The second-order valence-corrected chi connectivity index (χ2v) is 19.6. The van der Waals surface area contributed by atoms with Gasteiger partial charge in [-0.1, -0.05) is 91.2 Å². The summed E-state index contributed by atoms with van der Waals surface area (Å²) in [6.07, 6.45) is 31.7. The number of carbonyl (C=O) groups is 3. The Labute approximate surface area is 341 Å². The number of carboxylic acid groups (broad SMARTS) is 1. The van der Waals surface area contributed by atoms with Crippen LogP contribution in [0.1, 0.15) is 201 Å². The minimum absolute atomic E-state index is 0.0677. The van der Waals surface area contributed by atoms with Crippen LogP contribution in [0.2, 0.25) is 0 Å². The Morgan fingerprint density at radius 2 is 1.36 bits per heavy atom. The third kappa shape index (κ3) is 13.3. The molecule has 0 heterocycles. The van der Waals surface area contributed by atoms with Gasteiger partial charge in [-0.05, 0) is 155 Å². The predicted octanol–water partition coefficient (Wildman–Crippen LogP) is 10.3. The molecule has 4 aliphatic carbocycles. The highest BCUT2D eigenvalue weighted by Crippen LogP contribution is 2.68. The van der Waals surface area contributed by atoms with Gasteiger partial charge >= 0.3 is 5.97 Å². The zero-order valence-corrected chi connectivity index (χ0v) is 36.2. The number of hydrogen-bond donors (Lipinski definition) is 5. The highest BCUT2D eigenvalue weighted by Gasteiger charge is 2.62. The quantitative estimate of drug-likeness (QED) is 0.0438. The molecule has 8 heteroatoms. The van der Waals surface area contributed by atoms with Crippen molar-refractivity contribution in [3.05, 3.63) is 12.2 Å². The van der Waals surface area contributed by atoms with Gasteiger partial charge in [0.05, 0.1) is 12.2 Å². The van der Waals surface area contributed by atoms with E-state index >= 15 is 0 Å². The number of nitrogens with one attached hydrogen (secondary N) is 2. The van der Waals surface area contributed by atoms with Crippen molar-refractivity contribution in [3.8, 4) is 0 Å². The maximum absolute atomic E-state index is 13.0. The molecule has 56 heavy (non-hydrogen) atoms. The lowest BCUT2D eigenvalue weighted by atomic mass is 9.43. The number of rotatable bonds is 26. The lowest BCUT2D eigenvalue weighted by Crippen LogP contribution is -2.58. The molecule has 322 valence electrons. The highest BCUT2D eigenvalue weighted by molar-refractivity contribution is 5.83. The summed E-state index contributed by atoms with van der Waals surface area (Å²) in [7, 11) is 0. The molecule has 0 spiro atoms. The molecule has 11 unspecified atom stereocenters. The van der Waals surface area contributed by atoms with Gasteiger partial charge in [0.25, 0.3) is 0 Å². The third-order valence-electron chi connectivity index (χ3n) is 15.8. The van der Waals surface area contributed by atoms with Gasteiger partial charge in [0.1, 0.15) is 6.04 Å². The number of fused-ring (bicyclic) bond motifs is 5. The average molecular weight is 785 g/mol. The number of aliphatic hydroxyl groups is 2. The molecule has 0 aromatic rings. The molecule has 11 atom stereocenters. The molecule has 4 fully saturated rings. The Hall–Kier alpha value is -1.93. The van der Waals surface area contributed by atoms with Crippen molar-refractivity contribution < 1.29 is 29.7 Å². The highest BCUT2D eigenvalue weighted by atomic mass is 16.4. The number of hydrogen-bond acceptors (Lipinski definition) is 5. The van der Waals surface area contributed by atoms with E-state index in [9.17, 15) is 29.7 Å². The van der Waals surface area contributed by atoms with E-state index in [2.05, 4.69) is 50.5 Å². The Kier molecular flexibility index (Phi) is 19.7. The number of aliphatic carboxylic acids is 1. The summed E-state index contributed by atoms with van der Waals surface area (Å²) in [4.78, 5) is 37.4. The van der Waals surface area contributed by atoms with E-state index in [4.69, 9.17) is 0 Å². The van der Waals surface area contributed by atoms with Crippen LogP contribution < -0.4 is 10.6 Å². The van der Waals surface area contributed by atoms with Gasteiger partial charge in [-0.2, -0.15) is 0 Å². The van der Waals surface area contributed by atoms with Crippen molar-refractivity contribution in [3.63, 3.8) is 0 Å². The van der Waals surface area contributed by atoms with E-state index in [1.165, 1.54) is 64.2 Å². The molecule has 4 saturated carbocycles. The molecule has 4 rings (SSSR count). The molecule has 0 radical (unpaired) electrons. The van der Waals surface area contributed by atoms with Gasteiger partial charge in [-0.15, -0.1) is 0 Å². The van der Waals surface area contributed by atoms with Gasteiger partial charge in [0.2, 0.25) is 11.8 Å². The summed E-state index contributed by atoms with van der Waals surface area (Å²) in [5.74, 6) is 1.47. The summed E-state index contributed by atoms with van der Waals surface area (Å²) < 4.78 is 0. The second-order valence-electron chi connectivity index (χ2n) is 19.6. The van der Waals surface area contributed by atoms with E-state index in [0.717, 1.165) is 77.0 Å². The maximum atomic E-state index is 13.0. The molecule has 0 bridgehead atoms. The van der Waals surface area contributed by atoms with Gasteiger partial charge < -0.3 is 26.0 Å². The minimum atomic E-state index is -1.00. The number of amides is 2. The normalized spacial score (nSPS) is 32.3. The number of aliphatic hydroxyl groups excluding tert-OH is 2. The van der Waals surface area contributed by atoms with E-state index in [0.29, 0.717) is 74.2 Å². The van der Waals surface area contributed by atoms with Crippen LogP contribution >= 0.6 is 0 Å². The summed E-state index contributed by atoms with van der Waals surface area (Å²) in [5.41, 5.74) is 0.364. The molecule has 2 amide bonds. The summed E-state index contributed by atoms with van der Waals surface area (Å²) >= 11 is 0. The first-order valence-electron chi connectivity index (χ1n) is 23.7. The molecule has 0 aromatic carbocycles. The molecule has 4 aliphatic rings. The lowest BCUT2D eigenvalue weighted by molar-refractivity contribution is -0.174. The van der Waals surface area contributed by atoms with E-state index in [1.54, 1.807) is 0 Å². The van der Waals surface area contributed by atoms with Crippen molar-refractivity contribution in [2.75, 3.05) is 6.54 Å². The van der Waals surface area contributed by atoms with Crippen LogP contribution in [0.3, 0.4) is 0 Å². The topological polar surface area (TPSA) is 136 Å². The maximum Gasteiger partial charge on any atom is 0.326 e. The molecule has 0 saturated heterocycles. The minimum Gasteiger partial charge on any atom is -0.480 e. The van der Waals surface area contributed by atoms with Crippen molar-refractivity contribution in [1.29, 1.82) is 0 Å². The Morgan fingerprint density at radius 1 is 0.714 bits per heavy atom. The van der Waals surface area contributed by atoms with Crippen LogP contribution in [0.25, 0.3) is 0 Å². The smallest absolute Gasteiger partial charge is 0.326 e. The van der Waals surface area contributed by atoms with Gasteiger partial charge in [-0.3, -0.25) is 9.59 Å². The fraction of sp³-hybridized carbons (Fsp3) is 0.896. The zero-order valence-electron chi connectivity index (χ0n) is 36.2. The molecule has 5 N–H and O–H groups in total. The summed E-state index contributed by atoms with van der Waals surface area (Å²) in [6, 6.07) is -0.910. The Balaban J connectivity index is 1.05. The molecule has 0 aliphatic heterocycles. The van der Waals surface area contributed by atoms with Crippen molar-refractivity contribution in [2.24, 2.45) is 46.3 Å². The largest absolute Gasteiger partial charge is 0.480 e. The van der Waals surface area contributed by atoms with Crippen LogP contribution in [0, 0.1) is 46.3 Å². The van der Waals surface area contributed by atoms with Gasteiger partial charge in [-0.25, -0.2) is 4.79 Å².